The first-order chi connectivity index (χ1) is 12.0. The van der Waals surface area contributed by atoms with E-state index in [1.807, 2.05) is 24.3 Å². The molecule has 2 aromatic rings. The van der Waals surface area contributed by atoms with Crippen molar-refractivity contribution in [3.05, 3.63) is 58.1 Å². The van der Waals surface area contributed by atoms with Crippen LogP contribution in [0, 0.1) is 10.1 Å². The first-order valence-electron chi connectivity index (χ1n) is 8.19. The molecule has 7 heteroatoms. The number of nitrogens with one attached hydrogen (secondary N) is 1. The lowest BCUT2D eigenvalue weighted by Crippen LogP contribution is -3.12. The maximum absolute atomic E-state index is 11.8. The van der Waals surface area contributed by atoms with Crippen LogP contribution in [0.3, 0.4) is 0 Å². The van der Waals surface area contributed by atoms with E-state index in [4.69, 9.17) is 0 Å². The zero-order chi connectivity index (χ0) is 17.8. The molecule has 0 radical (unpaired) electrons. The number of nitro groups is 1. The van der Waals surface area contributed by atoms with E-state index in [1.54, 1.807) is 4.90 Å². The van der Waals surface area contributed by atoms with Gasteiger partial charge in [0.25, 0.3) is 5.69 Å². The molecule has 0 aromatic heterocycles. The predicted octanol–water partition coefficient (Wildman–Crippen LogP) is 0.754. The summed E-state index contributed by atoms with van der Waals surface area (Å²) >= 11 is 0. The van der Waals surface area contributed by atoms with E-state index in [-0.39, 0.29) is 17.0 Å². The quantitative estimate of drug-likeness (QED) is 0.506. The molecule has 0 unspecified atom stereocenters. The minimum absolute atomic E-state index is 0.117. The zero-order valence-corrected chi connectivity index (χ0v) is 14.0. The van der Waals surface area contributed by atoms with Gasteiger partial charge in [0.2, 0.25) is 0 Å². The number of likely N-dealkylation sites (N-methyl/N-ethyl adjacent to an activating group) is 1. The lowest BCUT2D eigenvalue weighted by Gasteiger charge is -2.31. The topological polar surface area (TPSA) is 86.2 Å². The summed E-state index contributed by atoms with van der Waals surface area (Å²) in [4.78, 5) is 18.4. The van der Waals surface area contributed by atoms with Crippen molar-refractivity contribution in [2.45, 2.75) is 0 Å². The van der Waals surface area contributed by atoms with E-state index < -0.39 is 4.92 Å². The SMILES string of the molecule is C[NH+]1CCN(c2ccc(N=Cc3cc([N+](=O)[O-])ccc3[O-])cc2)CC1. The number of quaternary nitrogens is 1. The molecule has 0 aliphatic carbocycles. The molecule has 130 valence electrons. The number of rotatable bonds is 4. The molecule has 2 aromatic carbocycles. The fourth-order valence-electron chi connectivity index (χ4n) is 2.79. The monoisotopic (exact) mass is 340 g/mol. The highest BCUT2D eigenvalue weighted by molar-refractivity contribution is 5.86. The number of non-ortho nitro benzene ring substituents is 1. The molecule has 1 fully saturated rings. The number of nitro benzene ring substituents is 1. The maximum Gasteiger partial charge on any atom is 0.270 e. The maximum atomic E-state index is 11.8. The molecule has 0 amide bonds. The van der Waals surface area contributed by atoms with Crippen molar-refractivity contribution in [1.82, 2.24) is 0 Å². The lowest BCUT2D eigenvalue weighted by molar-refractivity contribution is -0.880. The summed E-state index contributed by atoms with van der Waals surface area (Å²) in [5.74, 6) is -0.286. The van der Waals surface area contributed by atoms with Gasteiger partial charge in [0, 0.05) is 24.0 Å². The fourth-order valence-corrected chi connectivity index (χ4v) is 2.79. The normalized spacial score (nSPS) is 15.6. The number of nitrogens with zero attached hydrogens (tertiary/aromatic N) is 3. The number of hydrogen-bond acceptors (Lipinski definition) is 5. The highest BCUT2D eigenvalue weighted by atomic mass is 16.6. The van der Waals surface area contributed by atoms with Gasteiger partial charge in [-0.25, -0.2) is 0 Å². The molecule has 0 saturated carbocycles. The van der Waals surface area contributed by atoms with Crippen LogP contribution in [0.25, 0.3) is 0 Å². The van der Waals surface area contributed by atoms with Crippen molar-refractivity contribution in [3.8, 4) is 5.75 Å². The third-order valence-corrected chi connectivity index (χ3v) is 4.39. The molecular weight excluding hydrogens is 320 g/mol. The van der Waals surface area contributed by atoms with E-state index in [1.165, 1.54) is 24.4 Å². The van der Waals surface area contributed by atoms with Gasteiger partial charge in [0.1, 0.15) is 0 Å². The Morgan fingerprint density at radius 1 is 1.16 bits per heavy atom. The molecule has 1 N–H and O–H groups in total. The highest BCUT2D eigenvalue weighted by Gasteiger charge is 2.16. The van der Waals surface area contributed by atoms with Crippen molar-refractivity contribution in [3.63, 3.8) is 0 Å². The molecule has 1 aliphatic rings. The van der Waals surface area contributed by atoms with Gasteiger partial charge in [-0.2, -0.15) is 0 Å². The van der Waals surface area contributed by atoms with Gasteiger partial charge in [-0.1, -0.05) is 11.8 Å². The summed E-state index contributed by atoms with van der Waals surface area (Å²) < 4.78 is 0. The number of anilines is 1. The summed E-state index contributed by atoms with van der Waals surface area (Å²) in [6, 6.07) is 11.4. The van der Waals surface area contributed by atoms with Crippen LogP contribution in [-0.2, 0) is 0 Å². The molecule has 0 bridgehead atoms. The van der Waals surface area contributed by atoms with Crippen LogP contribution in [0.2, 0.25) is 0 Å². The van der Waals surface area contributed by atoms with E-state index in [2.05, 4.69) is 16.9 Å². The summed E-state index contributed by atoms with van der Waals surface area (Å²) in [5.41, 5.74) is 1.95. The van der Waals surface area contributed by atoms with Crippen molar-refractivity contribution in [2.24, 2.45) is 4.99 Å². The Morgan fingerprint density at radius 3 is 2.48 bits per heavy atom. The minimum atomic E-state index is -0.524. The Morgan fingerprint density at radius 2 is 1.84 bits per heavy atom. The number of aliphatic imine (C=N–C) groups is 1. The molecular formula is C18H20N4O3. The predicted molar refractivity (Wildman–Crippen MR) is 95.1 cm³/mol. The van der Waals surface area contributed by atoms with E-state index in [9.17, 15) is 15.2 Å². The Labute approximate surface area is 146 Å². The number of hydrogen-bond donors (Lipinski definition) is 1. The van der Waals surface area contributed by atoms with E-state index >= 15 is 0 Å². The van der Waals surface area contributed by atoms with Crippen LogP contribution < -0.4 is 14.9 Å². The second-order valence-electron chi connectivity index (χ2n) is 6.20. The Kier molecular flexibility index (Phi) is 4.95. The average Bonchev–Trinajstić information content (AvgIpc) is 2.62. The molecule has 0 spiro atoms. The largest absolute Gasteiger partial charge is 0.872 e. The Balaban J connectivity index is 1.72. The van der Waals surface area contributed by atoms with Crippen molar-refractivity contribution < 1.29 is 14.9 Å². The zero-order valence-electron chi connectivity index (χ0n) is 14.0. The van der Waals surface area contributed by atoms with Gasteiger partial charge in [0.15, 0.2) is 0 Å². The summed E-state index contributed by atoms with van der Waals surface area (Å²) in [7, 11) is 2.20. The molecule has 1 heterocycles. The summed E-state index contributed by atoms with van der Waals surface area (Å²) in [5, 5.41) is 22.6. The molecule has 0 atom stereocenters. The van der Waals surface area contributed by atoms with Crippen LogP contribution in [0.5, 0.6) is 5.75 Å². The van der Waals surface area contributed by atoms with Crippen molar-refractivity contribution in [2.75, 3.05) is 38.1 Å². The third-order valence-electron chi connectivity index (χ3n) is 4.39. The highest BCUT2D eigenvalue weighted by Crippen LogP contribution is 2.22. The Hall–Kier alpha value is -2.93. The lowest BCUT2D eigenvalue weighted by atomic mass is 10.2. The van der Waals surface area contributed by atoms with Gasteiger partial charge in [0.05, 0.1) is 43.8 Å². The van der Waals surface area contributed by atoms with Crippen LogP contribution in [0.4, 0.5) is 17.1 Å². The van der Waals surface area contributed by atoms with Gasteiger partial charge < -0.3 is 14.9 Å². The van der Waals surface area contributed by atoms with Crippen molar-refractivity contribution >= 4 is 23.3 Å². The van der Waals surface area contributed by atoms with Crippen LogP contribution >= 0.6 is 0 Å². The van der Waals surface area contributed by atoms with Gasteiger partial charge in [-0.3, -0.25) is 15.1 Å². The van der Waals surface area contributed by atoms with E-state index in [0.717, 1.165) is 31.9 Å². The fraction of sp³-hybridized carbons (Fsp3) is 0.278. The minimum Gasteiger partial charge on any atom is -0.872 e. The molecule has 25 heavy (non-hydrogen) atoms. The third kappa shape index (κ3) is 4.13. The van der Waals surface area contributed by atoms with Gasteiger partial charge in [-0.05, 0) is 29.8 Å². The molecule has 1 aliphatic heterocycles. The smallest absolute Gasteiger partial charge is 0.270 e. The van der Waals surface area contributed by atoms with Crippen LogP contribution in [-0.4, -0.2) is 44.4 Å². The molecule has 7 nitrogen and oxygen atoms in total. The van der Waals surface area contributed by atoms with Gasteiger partial charge in [-0.15, -0.1) is 0 Å². The van der Waals surface area contributed by atoms with Crippen LogP contribution in [0.15, 0.2) is 47.5 Å². The number of benzene rings is 2. The van der Waals surface area contributed by atoms with Gasteiger partial charge >= 0.3 is 0 Å². The molecule has 1 saturated heterocycles. The Bertz CT molecular complexity index is 781. The van der Waals surface area contributed by atoms with Crippen LogP contribution in [0.1, 0.15) is 5.56 Å². The molecule has 3 rings (SSSR count). The summed E-state index contributed by atoms with van der Waals surface area (Å²) in [6.07, 6.45) is 1.38. The average molecular weight is 340 g/mol. The first kappa shape index (κ1) is 16.9. The first-order valence-corrected chi connectivity index (χ1v) is 8.19. The second kappa shape index (κ2) is 7.31. The number of piperazine rings is 1. The van der Waals surface area contributed by atoms with Crippen molar-refractivity contribution in [1.29, 1.82) is 0 Å². The van der Waals surface area contributed by atoms with E-state index in [0.29, 0.717) is 5.69 Å². The standard InChI is InChI=1S/C18H20N4O3/c1-20-8-10-21(11-9-20)16-4-2-15(3-5-16)19-13-14-12-17(22(24)25)6-7-18(14)23/h2-7,12-13,23H,8-11H2,1H3. The summed E-state index contributed by atoms with van der Waals surface area (Å²) in [6.45, 7) is 4.31. The second-order valence-corrected chi connectivity index (χ2v) is 6.20.